The van der Waals surface area contributed by atoms with Gasteiger partial charge in [-0.05, 0) is 74.1 Å². The molecular weight excluding hydrogens is 566 g/mol. The maximum atomic E-state index is 13.7. The molecule has 0 aromatic heterocycles. The quantitative estimate of drug-likeness (QED) is 0.164. The minimum Gasteiger partial charge on any atom is -0.388 e. The zero-order valence-electron chi connectivity index (χ0n) is 27.0. The fourth-order valence-corrected chi connectivity index (χ4v) is 5.52. The average Bonchev–Trinajstić information content (AvgIpc) is 3.05. The second-order valence-corrected chi connectivity index (χ2v) is 11.7. The van der Waals surface area contributed by atoms with E-state index in [0.29, 0.717) is 36.2 Å². The molecule has 8 heteroatoms. The van der Waals surface area contributed by atoms with E-state index in [4.69, 9.17) is 0 Å². The second kappa shape index (κ2) is 18.1. The molecule has 0 bridgehead atoms. The van der Waals surface area contributed by atoms with Crippen LogP contribution in [0, 0.1) is 6.92 Å². The number of aliphatic hydroxyl groups excluding tert-OH is 2. The molecule has 0 aliphatic carbocycles. The summed E-state index contributed by atoms with van der Waals surface area (Å²) in [6.45, 7) is 9.17. The highest BCUT2D eigenvalue weighted by Gasteiger charge is 2.34. The van der Waals surface area contributed by atoms with Gasteiger partial charge in [0.05, 0.1) is 12.1 Å². The van der Waals surface area contributed by atoms with E-state index in [-0.39, 0.29) is 18.2 Å². The number of carbonyl (C=O) groups is 3. The summed E-state index contributed by atoms with van der Waals surface area (Å²) < 4.78 is 0. The van der Waals surface area contributed by atoms with Gasteiger partial charge in [0.2, 0.25) is 0 Å². The molecule has 0 saturated carbocycles. The number of amides is 3. The van der Waals surface area contributed by atoms with Gasteiger partial charge in [0, 0.05) is 29.8 Å². The van der Waals surface area contributed by atoms with Crippen molar-refractivity contribution >= 4 is 17.7 Å². The zero-order valence-corrected chi connectivity index (χ0v) is 27.0. The fourth-order valence-electron chi connectivity index (χ4n) is 5.52. The van der Waals surface area contributed by atoms with Gasteiger partial charge in [-0.2, -0.15) is 0 Å². The van der Waals surface area contributed by atoms with Gasteiger partial charge in [-0.1, -0.05) is 82.1 Å². The van der Waals surface area contributed by atoms with Crippen molar-refractivity contribution in [2.24, 2.45) is 0 Å². The lowest BCUT2D eigenvalue weighted by Crippen LogP contribution is -2.56. The van der Waals surface area contributed by atoms with Crippen molar-refractivity contribution in [3.05, 3.63) is 107 Å². The Morgan fingerprint density at radius 1 is 0.689 bits per heavy atom. The van der Waals surface area contributed by atoms with Gasteiger partial charge < -0.3 is 25.7 Å². The highest BCUT2D eigenvalue weighted by Crippen LogP contribution is 2.18. The number of nitrogens with zero attached hydrogens (tertiary/aromatic N) is 1. The van der Waals surface area contributed by atoms with Crippen LogP contribution in [0.25, 0.3) is 0 Å². The largest absolute Gasteiger partial charge is 0.388 e. The van der Waals surface area contributed by atoms with Crippen molar-refractivity contribution in [1.29, 1.82) is 0 Å². The summed E-state index contributed by atoms with van der Waals surface area (Å²) in [4.78, 5) is 41.9. The Bertz CT molecular complexity index is 1360. The molecule has 0 spiro atoms. The molecule has 3 aromatic rings. The lowest BCUT2D eigenvalue weighted by atomic mass is 9.91. The van der Waals surface area contributed by atoms with Gasteiger partial charge in [-0.15, -0.1) is 0 Å². The van der Waals surface area contributed by atoms with Crippen molar-refractivity contribution in [3.63, 3.8) is 0 Å². The highest BCUT2D eigenvalue weighted by molar-refractivity contribution is 6.00. The van der Waals surface area contributed by atoms with Crippen molar-refractivity contribution in [1.82, 2.24) is 15.5 Å². The predicted octanol–water partition coefficient (Wildman–Crippen LogP) is 5.31. The number of aliphatic hydroxyl groups is 2. The number of nitrogens with one attached hydrogen (secondary N) is 2. The molecule has 0 aliphatic rings. The normalized spacial score (nSPS) is 13.7. The number of rotatable bonds is 17. The van der Waals surface area contributed by atoms with Crippen LogP contribution in [-0.2, 0) is 6.42 Å². The zero-order chi connectivity index (χ0) is 32.8. The molecule has 3 aromatic carbocycles. The van der Waals surface area contributed by atoms with Crippen molar-refractivity contribution in [2.75, 3.05) is 13.1 Å². The Balaban J connectivity index is 1.88. The molecule has 8 nitrogen and oxygen atoms in total. The summed E-state index contributed by atoms with van der Waals surface area (Å²) in [5, 5.41) is 28.9. The minimum atomic E-state index is -1.40. The Morgan fingerprint density at radius 3 is 1.82 bits per heavy atom. The van der Waals surface area contributed by atoms with E-state index >= 15 is 0 Å². The summed E-state index contributed by atoms with van der Waals surface area (Å²) in [5.41, 5.74) is 2.82. The Labute approximate surface area is 267 Å². The van der Waals surface area contributed by atoms with Crippen LogP contribution in [0.15, 0.2) is 78.9 Å². The second-order valence-electron chi connectivity index (χ2n) is 11.7. The Kier molecular flexibility index (Phi) is 14.2. The average molecular weight is 616 g/mol. The number of benzene rings is 3. The van der Waals surface area contributed by atoms with Crippen LogP contribution in [0.5, 0.6) is 0 Å². The van der Waals surface area contributed by atoms with Crippen molar-refractivity contribution < 1.29 is 24.6 Å². The Hall–Kier alpha value is -4.01. The topological polar surface area (TPSA) is 119 Å². The van der Waals surface area contributed by atoms with Crippen molar-refractivity contribution in [2.45, 2.75) is 90.5 Å². The maximum Gasteiger partial charge on any atom is 0.253 e. The fraction of sp³-hybridized carbons (Fsp3) is 0.432. The minimum absolute atomic E-state index is 0.124. The standard InChI is InChI=1S/C37H49N3O5/c1-5-8-19-31(38-35(43)28-17-13-10-14-18-28)33(41)34(42)32(24-27-15-11-9-12-16-27)39-36(44)29-22-26(4)23-30(25-29)37(45)40(20-6-2)21-7-3/h9-18,22-23,25,31-34,41-42H,5-8,19-21,24H2,1-4H3,(H,38,43)(H,39,44)/t31-,32+,33-,34-/m1/s1. The summed E-state index contributed by atoms with van der Waals surface area (Å²) in [6, 6.07) is 21.6. The highest BCUT2D eigenvalue weighted by atomic mass is 16.3. The molecule has 242 valence electrons. The number of carbonyl (C=O) groups excluding carboxylic acids is 3. The van der Waals surface area contributed by atoms with Crippen LogP contribution in [0.1, 0.15) is 95.1 Å². The Morgan fingerprint density at radius 2 is 1.22 bits per heavy atom. The smallest absolute Gasteiger partial charge is 0.253 e. The van der Waals surface area contributed by atoms with Gasteiger partial charge in [0.1, 0.15) is 12.2 Å². The van der Waals surface area contributed by atoms with E-state index in [9.17, 15) is 24.6 Å². The summed E-state index contributed by atoms with van der Waals surface area (Å²) in [5.74, 6) is -0.930. The molecule has 45 heavy (non-hydrogen) atoms. The van der Waals surface area contributed by atoms with Gasteiger partial charge in [0.25, 0.3) is 17.7 Å². The lowest BCUT2D eigenvalue weighted by molar-refractivity contribution is -0.0237. The van der Waals surface area contributed by atoms with Gasteiger partial charge in [0.15, 0.2) is 0 Å². The maximum absolute atomic E-state index is 13.7. The number of unbranched alkanes of at least 4 members (excludes halogenated alkanes) is 1. The molecule has 0 radical (unpaired) electrons. The summed E-state index contributed by atoms with van der Waals surface area (Å²) in [6.07, 6.45) is 1.17. The van der Waals surface area contributed by atoms with Crippen LogP contribution in [0.4, 0.5) is 0 Å². The van der Waals surface area contributed by atoms with Crippen LogP contribution in [-0.4, -0.2) is 70.2 Å². The van der Waals surface area contributed by atoms with E-state index < -0.39 is 30.2 Å². The van der Waals surface area contributed by atoms with E-state index in [1.807, 2.05) is 64.1 Å². The molecule has 0 unspecified atom stereocenters. The molecule has 3 amide bonds. The number of hydrogen-bond donors (Lipinski definition) is 4. The van der Waals surface area contributed by atoms with E-state index in [1.165, 1.54) is 0 Å². The predicted molar refractivity (Wildman–Crippen MR) is 178 cm³/mol. The van der Waals surface area contributed by atoms with Crippen molar-refractivity contribution in [3.8, 4) is 0 Å². The third-order valence-corrected chi connectivity index (χ3v) is 7.87. The monoisotopic (exact) mass is 615 g/mol. The third kappa shape index (κ3) is 10.5. The first-order chi connectivity index (χ1) is 21.7. The van der Waals surface area contributed by atoms with Gasteiger partial charge in [-0.3, -0.25) is 14.4 Å². The number of aryl methyl sites for hydroxylation is 1. The van der Waals surface area contributed by atoms with E-state index in [1.54, 1.807) is 47.4 Å². The van der Waals surface area contributed by atoms with Gasteiger partial charge in [-0.25, -0.2) is 0 Å². The first-order valence-corrected chi connectivity index (χ1v) is 16.2. The van der Waals surface area contributed by atoms with Crippen LogP contribution >= 0.6 is 0 Å². The van der Waals surface area contributed by atoms with Crippen LogP contribution in [0.2, 0.25) is 0 Å². The summed E-state index contributed by atoms with van der Waals surface area (Å²) in [7, 11) is 0. The molecule has 4 N–H and O–H groups in total. The molecule has 4 atom stereocenters. The van der Waals surface area contributed by atoms with Crippen LogP contribution < -0.4 is 10.6 Å². The van der Waals surface area contributed by atoms with E-state index in [2.05, 4.69) is 10.6 Å². The first kappa shape index (κ1) is 35.5. The third-order valence-electron chi connectivity index (χ3n) is 7.87. The molecule has 0 saturated heterocycles. The number of hydrogen-bond acceptors (Lipinski definition) is 5. The molecular formula is C37H49N3O5. The molecule has 0 aliphatic heterocycles. The van der Waals surface area contributed by atoms with Crippen LogP contribution in [0.3, 0.4) is 0 Å². The summed E-state index contributed by atoms with van der Waals surface area (Å²) >= 11 is 0. The first-order valence-electron chi connectivity index (χ1n) is 16.2. The van der Waals surface area contributed by atoms with E-state index in [0.717, 1.165) is 36.8 Å². The molecule has 0 heterocycles. The molecule has 0 fully saturated rings. The SMILES string of the molecule is CCCC[C@@H](NC(=O)c1ccccc1)[C@@H](O)[C@H](O)[C@H](Cc1ccccc1)NC(=O)c1cc(C)cc(C(=O)N(CCC)CCC)c1. The lowest BCUT2D eigenvalue weighted by Gasteiger charge is -2.33. The molecule has 3 rings (SSSR count). The van der Waals surface area contributed by atoms with Gasteiger partial charge >= 0.3 is 0 Å².